The standard InChI is InChI=1S/C20H17FN2O3/c1-26-20(25)18(11-13-6-2-4-8-16(13)21)23-19(24)15-10-14-7-3-5-9-17(14)22-12-15/h2-10,12,18H,11H2,1H3,(H,23,24)/t18-/m1/s1. The Morgan fingerprint density at radius 2 is 1.88 bits per heavy atom. The molecule has 0 aliphatic carbocycles. The number of methoxy groups -OCH3 is 1. The van der Waals surface area contributed by atoms with E-state index in [1.54, 1.807) is 24.3 Å². The number of fused-ring (bicyclic) bond motifs is 1. The molecule has 0 aliphatic rings. The number of para-hydroxylation sites is 1. The Morgan fingerprint density at radius 1 is 1.15 bits per heavy atom. The van der Waals surface area contributed by atoms with Crippen molar-refractivity contribution in [3.63, 3.8) is 0 Å². The molecule has 0 fully saturated rings. The van der Waals surface area contributed by atoms with Gasteiger partial charge in [0.25, 0.3) is 5.91 Å². The fourth-order valence-corrected chi connectivity index (χ4v) is 2.66. The summed E-state index contributed by atoms with van der Waals surface area (Å²) in [5, 5.41) is 3.41. The van der Waals surface area contributed by atoms with Crippen molar-refractivity contribution in [3.8, 4) is 0 Å². The van der Waals surface area contributed by atoms with E-state index in [9.17, 15) is 14.0 Å². The van der Waals surface area contributed by atoms with Crippen molar-refractivity contribution in [2.75, 3.05) is 7.11 Å². The number of hydrogen-bond acceptors (Lipinski definition) is 4. The first kappa shape index (κ1) is 17.5. The molecule has 0 unspecified atom stereocenters. The van der Waals surface area contributed by atoms with Crippen molar-refractivity contribution in [3.05, 3.63) is 77.7 Å². The van der Waals surface area contributed by atoms with Crippen LogP contribution < -0.4 is 5.32 Å². The Labute approximate surface area is 149 Å². The van der Waals surface area contributed by atoms with Gasteiger partial charge in [-0.05, 0) is 23.8 Å². The van der Waals surface area contributed by atoms with Crippen LogP contribution in [0, 0.1) is 5.82 Å². The van der Waals surface area contributed by atoms with Gasteiger partial charge in [-0.15, -0.1) is 0 Å². The zero-order chi connectivity index (χ0) is 18.5. The molecule has 1 N–H and O–H groups in total. The highest BCUT2D eigenvalue weighted by Gasteiger charge is 2.24. The van der Waals surface area contributed by atoms with E-state index in [2.05, 4.69) is 10.3 Å². The maximum absolute atomic E-state index is 13.9. The van der Waals surface area contributed by atoms with Gasteiger partial charge in [-0.3, -0.25) is 9.78 Å². The lowest BCUT2D eigenvalue weighted by atomic mass is 10.0. The molecule has 0 bridgehead atoms. The smallest absolute Gasteiger partial charge is 0.328 e. The number of carbonyl (C=O) groups is 2. The van der Waals surface area contributed by atoms with Gasteiger partial charge in [-0.25, -0.2) is 9.18 Å². The highest BCUT2D eigenvalue weighted by atomic mass is 19.1. The van der Waals surface area contributed by atoms with Gasteiger partial charge in [0.05, 0.1) is 18.2 Å². The van der Waals surface area contributed by atoms with E-state index in [1.807, 2.05) is 24.3 Å². The van der Waals surface area contributed by atoms with Gasteiger partial charge >= 0.3 is 5.97 Å². The second kappa shape index (κ2) is 7.74. The third kappa shape index (κ3) is 3.85. The molecular formula is C20H17FN2O3. The van der Waals surface area contributed by atoms with Gasteiger partial charge in [0.2, 0.25) is 0 Å². The van der Waals surface area contributed by atoms with Crippen molar-refractivity contribution in [1.82, 2.24) is 10.3 Å². The summed E-state index contributed by atoms with van der Waals surface area (Å²) in [6.45, 7) is 0. The Bertz CT molecular complexity index is 958. The maximum Gasteiger partial charge on any atom is 0.328 e. The highest BCUT2D eigenvalue weighted by molar-refractivity contribution is 5.99. The summed E-state index contributed by atoms with van der Waals surface area (Å²) in [5.74, 6) is -1.56. The predicted octanol–water partition coefficient (Wildman–Crippen LogP) is 2.89. The van der Waals surface area contributed by atoms with Crippen molar-refractivity contribution in [2.24, 2.45) is 0 Å². The average Bonchev–Trinajstić information content (AvgIpc) is 2.68. The van der Waals surface area contributed by atoms with E-state index in [4.69, 9.17) is 4.74 Å². The van der Waals surface area contributed by atoms with E-state index in [0.29, 0.717) is 11.1 Å². The fourth-order valence-electron chi connectivity index (χ4n) is 2.66. The van der Waals surface area contributed by atoms with Crippen LogP contribution in [0.15, 0.2) is 60.8 Å². The molecule has 26 heavy (non-hydrogen) atoms. The topological polar surface area (TPSA) is 68.3 Å². The Kier molecular flexibility index (Phi) is 5.22. The number of esters is 1. The lowest BCUT2D eigenvalue weighted by Gasteiger charge is -2.17. The summed E-state index contributed by atoms with van der Waals surface area (Å²) in [6.07, 6.45) is 1.43. The third-order valence-corrected chi connectivity index (χ3v) is 4.03. The number of pyridine rings is 1. The van der Waals surface area contributed by atoms with Crippen LogP contribution >= 0.6 is 0 Å². The van der Waals surface area contributed by atoms with E-state index in [-0.39, 0.29) is 6.42 Å². The Hall–Kier alpha value is -3.28. The molecule has 1 atom stereocenters. The van der Waals surface area contributed by atoms with Crippen LogP contribution in [0.5, 0.6) is 0 Å². The monoisotopic (exact) mass is 352 g/mol. The highest BCUT2D eigenvalue weighted by Crippen LogP contribution is 2.14. The van der Waals surface area contributed by atoms with Gasteiger partial charge < -0.3 is 10.1 Å². The summed E-state index contributed by atoms with van der Waals surface area (Å²) in [7, 11) is 1.22. The zero-order valence-corrected chi connectivity index (χ0v) is 14.1. The Morgan fingerprint density at radius 3 is 2.65 bits per heavy atom. The van der Waals surface area contributed by atoms with Crippen LogP contribution in [0.4, 0.5) is 4.39 Å². The normalized spacial score (nSPS) is 11.8. The van der Waals surface area contributed by atoms with Gasteiger partial charge in [0, 0.05) is 18.0 Å². The molecule has 3 rings (SSSR count). The van der Waals surface area contributed by atoms with Crippen molar-refractivity contribution >= 4 is 22.8 Å². The molecule has 0 saturated carbocycles. The fraction of sp³-hybridized carbons (Fsp3) is 0.150. The molecule has 0 radical (unpaired) electrons. The van der Waals surface area contributed by atoms with Gasteiger partial charge in [-0.1, -0.05) is 36.4 Å². The summed E-state index contributed by atoms with van der Waals surface area (Å²) >= 11 is 0. The second-order valence-corrected chi connectivity index (χ2v) is 5.76. The van der Waals surface area contributed by atoms with Crippen LogP contribution in [-0.2, 0) is 16.0 Å². The molecular weight excluding hydrogens is 335 g/mol. The van der Waals surface area contributed by atoms with E-state index >= 15 is 0 Å². The molecule has 132 valence electrons. The van der Waals surface area contributed by atoms with E-state index in [0.717, 1.165) is 10.9 Å². The molecule has 0 saturated heterocycles. The first-order chi connectivity index (χ1) is 12.6. The summed E-state index contributed by atoms with van der Waals surface area (Å²) < 4.78 is 18.6. The second-order valence-electron chi connectivity index (χ2n) is 5.76. The van der Waals surface area contributed by atoms with Crippen LogP contribution in [-0.4, -0.2) is 30.0 Å². The minimum atomic E-state index is -1.00. The molecule has 6 heteroatoms. The number of ether oxygens (including phenoxy) is 1. The largest absolute Gasteiger partial charge is 0.467 e. The number of rotatable bonds is 5. The average molecular weight is 352 g/mol. The number of hydrogen-bond donors (Lipinski definition) is 1. The number of carbonyl (C=O) groups excluding carboxylic acids is 2. The molecule has 0 aliphatic heterocycles. The van der Waals surface area contributed by atoms with Crippen LogP contribution in [0.1, 0.15) is 15.9 Å². The number of halogens is 1. The minimum absolute atomic E-state index is 0.00784. The summed E-state index contributed by atoms with van der Waals surface area (Å²) in [5.41, 5.74) is 1.39. The van der Waals surface area contributed by atoms with Crippen molar-refractivity contribution in [1.29, 1.82) is 0 Å². The lowest BCUT2D eigenvalue weighted by molar-refractivity contribution is -0.142. The SMILES string of the molecule is COC(=O)[C@@H](Cc1ccccc1F)NC(=O)c1cnc2ccccc2c1. The molecule has 3 aromatic rings. The summed E-state index contributed by atoms with van der Waals surface area (Å²) in [6, 6.07) is 14.2. The van der Waals surface area contributed by atoms with Gasteiger partial charge in [0.1, 0.15) is 11.9 Å². The number of benzene rings is 2. The number of nitrogens with zero attached hydrogens (tertiary/aromatic N) is 1. The van der Waals surface area contributed by atoms with Crippen molar-refractivity contribution < 1.29 is 18.7 Å². The van der Waals surface area contributed by atoms with Gasteiger partial charge in [-0.2, -0.15) is 0 Å². The third-order valence-electron chi connectivity index (χ3n) is 4.03. The number of amides is 1. The molecule has 2 aromatic carbocycles. The van der Waals surface area contributed by atoms with E-state index in [1.165, 1.54) is 19.4 Å². The van der Waals surface area contributed by atoms with Crippen molar-refractivity contribution in [2.45, 2.75) is 12.5 Å². The summed E-state index contributed by atoms with van der Waals surface area (Å²) in [4.78, 5) is 28.8. The molecule has 1 amide bonds. The molecule has 1 aromatic heterocycles. The number of aromatic nitrogens is 1. The van der Waals surface area contributed by atoms with Crippen LogP contribution in [0.2, 0.25) is 0 Å². The first-order valence-corrected chi connectivity index (χ1v) is 8.05. The molecule has 5 nitrogen and oxygen atoms in total. The van der Waals surface area contributed by atoms with Crippen LogP contribution in [0.3, 0.4) is 0 Å². The quantitative estimate of drug-likeness (QED) is 0.717. The zero-order valence-electron chi connectivity index (χ0n) is 14.1. The molecule has 0 spiro atoms. The van der Waals surface area contributed by atoms with E-state index < -0.39 is 23.7 Å². The predicted molar refractivity (Wildman–Crippen MR) is 95.1 cm³/mol. The minimum Gasteiger partial charge on any atom is -0.467 e. The Balaban J connectivity index is 1.82. The number of nitrogens with one attached hydrogen (secondary N) is 1. The maximum atomic E-state index is 13.9. The molecule has 1 heterocycles. The van der Waals surface area contributed by atoms with Crippen LogP contribution in [0.25, 0.3) is 10.9 Å². The lowest BCUT2D eigenvalue weighted by Crippen LogP contribution is -2.43. The van der Waals surface area contributed by atoms with Gasteiger partial charge in [0.15, 0.2) is 0 Å². The first-order valence-electron chi connectivity index (χ1n) is 8.05.